The molecule has 1 atom stereocenters. The lowest BCUT2D eigenvalue weighted by Gasteiger charge is -2.08. The molecule has 100 valence electrons. The van der Waals surface area contributed by atoms with E-state index in [1.54, 1.807) is 7.11 Å². The number of nitrogens with zero attached hydrogens (tertiary/aromatic N) is 1. The van der Waals surface area contributed by atoms with Crippen LogP contribution in [0.15, 0.2) is 30.3 Å². The van der Waals surface area contributed by atoms with Crippen molar-refractivity contribution in [2.45, 2.75) is 12.5 Å². The molecule has 0 saturated carbocycles. The van der Waals surface area contributed by atoms with Gasteiger partial charge in [-0.25, -0.2) is 0 Å². The van der Waals surface area contributed by atoms with Gasteiger partial charge in [0.25, 0.3) is 0 Å². The van der Waals surface area contributed by atoms with Crippen molar-refractivity contribution in [1.29, 1.82) is 0 Å². The minimum absolute atomic E-state index is 0.466. The van der Waals surface area contributed by atoms with Crippen molar-refractivity contribution >= 4 is 5.82 Å². The van der Waals surface area contributed by atoms with Crippen molar-refractivity contribution in [2.24, 2.45) is 0 Å². The SMILES string of the molecule is COc1ccccc1-c1cc(NC2CCNC2)n[nH]1. The molecule has 1 saturated heterocycles. The number of hydrogen-bond donors (Lipinski definition) is 3. The Labute approximate surface area is 112 Å². The average molecular weight is 258 g/mol. The van der Waals surface area contributed by atoms with Crippen LogP contribution in [0.1, 0.15) is 6.42 Å². The van der Waals surface area contributed by atoms with Gasteiger partial charge in [-0.3, -0.25) is 5.10 Å². The smallest absolute Gasteiger partial charge is 0.148 e. The van der Waals surface area contributed by atoms with Crippen LogP contribution in [-0.4, -0.2) is 36.4 Å². The fraction of sp³-hybridized carbons (Fsp3) is 0.357. The Balaban J connectivity index is 1.80. The highest BCUT2D eigenvalue weighted by Gasteiger charge is 2.15. The summed E-state index contributed by atoms with van der Waals surface area (Å²) in [6, 6.07) is 10.4. The highest BCUT2D eigenvalue weighted by molar-refractivity contribution is 5.69. The minimum atomic E-state index is 0.466. The Hall–Kier alpha value is -2.01. The summed E-state index contributed by atoms with van der Waals surface area (Å²) in [6.45, 7) is 2.07. The summed E-state index contributed by atoms with van der Waals surface area (Å²) < 4.78 is 5.36. The first-order valence-corrected chi connectivity index (χ1v) is 6.53. The Morgan fingerprint density at radius 3 is 3.05 bits per heavy atom. The number of hydrogen-bond acceptors (Lipinski definition) is 4. The minimum Gasteiger partial charge on any atom is -0.496 e. The normalized spacial score (nSPS) is 18.5. The zero-order chi connectivity index (χ0) is 13.1. The quantitative estimate of drug-likeness (QED) is 0.783. The van der Waals surface area contributed by atoms with Crippen LogP contribution in [0.25, 0.3) is 11.3 Å². The van der Waals surface area contributed by atoms with Crippen LogP contribution in [0.4, 0.5) is 5.82 Å². The molecule has 0 amide bonds. The van der Waals surface area contributed by atoms with E-state index < -0.39 is 0 Å². The van der Waals surface area contributed by atoms with Gasteiger partial charge in [-0.1, -0.05) is 12.1 Å². The van der Waals surface area contributed by atoms with Gasteiger partial charge >= 0.3 is 0 Å². The molecule has 1 fully saturated rings. The number of para-hydroxylation sites is 1. The van der Waals surface area contributed by atoms with Gasteiger partial charge in [0.1, 0.15) is 11.6 Å². The molecule has 1 aliphatic heterocycles. The molecule has 2 aromatic rings. The Morgan fingerprint density at radius 1 is 1.37 bits per heavy atom. The van der Waals surface area contributed by atoms with Crippen molar-refractivity contribution in [3.63, 3.8) is 0 Å². The van der Waals surface area contributed by atoms with Crippen LogP contribution in [0, 0.1) is 0 Å². The third kappa shape index (κ3) is 2.56. The van der Waals surface area contributed by atoms with Gasteiger partial charge in [-0.2, -0.15) is 5.10 Å². The van der Waals surface area contributed by atoms with Gasteiger partial charge < -0.3 is 15.4 Å². The standard InChI is InChI=1S/C14H18N4O/c1-19-13-5-3-2-4-11(13)12-8-14(18-17-12)16-10-6-7-15-9-10/h2-5,8,10,15H,6-7,9H2,1H3,(H2,16,17,18). The molecular formula is C14H18N4O. The lowest BCUT2D eigenvalue weighted by atomic mass is 10.1. The van der Waals surface area contributed by atoms with Crippen LogP contribution >= 0.6 is 0 Å². The van der Waals surface area contributed by atoms with Gasteiger partial charge in [0.2, 0.25) is 0 Å². The number of methoxy groups -OCH3 is 1. The second-order valence-corrected chi connectivity index (χ2v) is 4.70. The summed E-state index contributed by atoms with van der Waals surface area (Å²) in [7, 11) is 1.68. The van der Waals surface area contributed by atoms with E-state index in [1.807, 2.05) is 30.3 Å². The highest BCUT2D eigenvalue weighted by Crippen LogP contribution is 2.29. The van der Waals surface area contributed by atoms with Gasteiger partial charge in [0.15, 0.2) is 0 Å². The Bertz CT molecular complexity index is 546. The summed E-state index contributed by atoms with van der Waals surface area (Å²) >= 11 is 0. The Morgan fingerprint density at radius 2 is 2.26 bits per heavy atom. The molecule has 1 aromatic heterocycles. The first-order valence-electron chi connectivity index (χ1n) is 6.53. The van der Waals surface area contributed by atoms with Crippen LogP contribution in [-0.2, 0) is 0 Å². The van der Waals surface area contributed by atoms with E-state index in [0.29, 0.717) is 6.04 Å². The molecule has 3 N–H and O–H groups in total. The molecule has 0 bridgehead atoms. The van der Waals surface area contributed by atoms with E-state index in [4.69, 9.17) is 4.74 Å². The second kappa shape index (κ2) is 5.32. The molecular weight excluding hydrogens is 240 g/mol. The first-order chi connectivity index (χ1) is 9.36. The van der Waals surface area contributed by atoms with Crippen molar-refractivity contribution in [3.05, 3.63) is 30.3 Å². The summed E-state index contributed by atoms with van der Waals surface area (Å²) in [6.07, 6.45) is 1.14. The van der Waals surface area contributed by atoms with Crippen LogP contribution < -0.4 is 15.4 Å². The second-order valence-electron chi connectivity index (χ2n) is 4.70. The molecule has 0 aliphatic carbocycles. The number of anilines is 1. The number of benzene rings is 1. The highest BCUT2D eigenvalue weighted by atomic mass is 16.5. The van der Waals surface area contributed by atoms with E-state index in [9.17, 15) is 0 Å². The lowest BCUT2D eigenvalue weighted by molar-refractivity contribution is 0.416. The van der Waals surface area contributed by atoms with Crippen LogP contribution in [0.5, 0.6) is 5.75 Å². The topological polar surface area (TPSA) is 62.0 Å². The third-order valence-corrected chi connectivity index (χ3v) is 3.39. The van der Waals surface area contributed by atoms with Crippen molar-refractivity contribution in [1.82, 2.24) is 15.5 Å². The van der Waals surface area contributed by atoms with E-state index in [2.05, 4.69) is 20.8 Å². The molecule has 19 heavy (non-hydrogen) atoms. The van der Waals surface area contributed by atoms with Crippen LogP contribution in [0.2, 0.25) is 0 Å². The maximum atomic E-state index is 5.36. The molecule has 1 aromatic carbocycles. The monoisotopic (exact) mass is 258 g/mol. The molecule has 1 aliphatic rings. The zero-order valence-corrected chi connectivity index (χ0v) is 10.9. The molecule has 3 rings (SSSR count). The van der Waals surface area contributed by atoms with Gasteiger partial charge in [0, 0.05) is 24.2 Å². The van der Waals surface area contributed by atoms with E-state index in [-0.39, 0.29) is 0 Å². The summed E-state index contributed by atoms with van der Waals surface area (Å²) in [5, 5.41) is 14.1. The summed E-state index contributed by atoms with van der Waals surface area (Å²) in [4.78, 5) is 0. The number of rotatable bonds is 4. The van der Waals surface area contributed by atoms with Crippen molar-refractivity contribution in [3.8, 4) is 17.0 Å². The predicted octanol–water partition coefficient (Wildman–Crippen LogP) is 1.86. The predicted molar refractivity (Wildman–Crippen MR) is 75.5 cm³/mol. The average Bonchev–Trinajstić information content (AvgIpc) is 3.11. The van der Waals surface area contributed by atoms with E-state index in [1.165, 1.54) is 0 Å². The maximum absolute atomic E-state index is 5.36. The molecule has 1 unspecified atom stereocenters. The van der Waals surface area contributed by atoms with Gasteiger partial charge in [-0.15, -0.1) is 0 Å². The number of aromatic nitrogens is 2. The molecule has 5 nitrogen and oxygen atoms in total. The van der Waals surface area contributed by atoms with E-state index in [0.717, 1.165) is 42.3 Å². The number of aromatic amines is 1. The lowest BCUT2D eigenvalue weighted by Crippen LogP contribution is -2.22. The summed E-state index contributed by atoms with van der Waals surface area (Å²) in [5.74, 6) is 1.73. The molecule has 2 heterocycles. The molecule has 0 spiro atoms. The third-order valence-electron chi connectivity index (χ3n) is 3.39. The fourth-order valence-corrected chi connectivity index (χ4v) is 2.39. The Kier molecular flexibility index (Phi) is 3.37. The number of nitrogens with one attached hydrogen (secondary N) is 3. The molecule has 0 radical (unpaired) electrons. The van der Waals surface area contributed by atoms with Crippen molar-refractivity contribution < 1.29 is 4.74 Å². The number of H-pyrrole nitrogens is 1. The first kappa shape index (κ1) is 12.0. The number of ether oxygens (including phenoxy) is 1. The van der Waals surface area contributed by atoms with Gasteiger partial charge in [-0.05, 0) is 25.1 Å². The van der Waals surface area contributed by atoms with Crippen molar-refractivity contribution in [2.75, 3.05) is 25.5 Å². The molecule has 5 heteroatoms. The summed E-state index contributed by atoms with van der Waals surface area (Å²) in [5.41, 5.74) is 1.99. The maximum Gasteiger partial charge on any atom is 0.148 e. The zero-order valence-electron chi connectivity index (χ0n) is 10.9. The fourth-order valence-electron chi connectivity index (χ4n) is 2.39. The van der Waals surface area contributed by atoms with Gasteiger partial charge in [0.05, 0.1) is 12.8 Å². The van der Waals surface area contributed by atoms with Crippen LogP contribution in [0.3, 0.4) is 0 Å². The van der Waals surface area contributed by atoms with E-state index >= 15 is 0 Å². The largest absolute Gasteiger partial charge is 0.496 e.